The normalized spacial score (nSPS) is 29.1. The van der Waals surface area contributed by atoms with E-state index in [1.165, 1.54) is 11.4 Å². The molecule has 2 N–H and O–H groups in total. The van der Waals surface area contributed by atoms with Crippen molar-refractivity contribution in [1.29, 1.82) is 0 Å². The van der Waals surface area contributed by atoms with E-state index >= 15 is 0 Å². The first-order valence-electron chi connectivity index (χ1n) is 6.71. The van der Waals surface area contributed by atoms with E-state index in [2.05, 4.69) is 21.8 Å². The van der Waals surface area contributed by atoms with E-state index in [9.17, 15) is 5.11 Å². The summed E-state index contributed by atoms with van der Waals surface area (Å²) in [6.45, 7) is 4.09. The van der Waals surface area contributed by atoms with E-state index in [4.69, 9.17) is 0 Å². The smallest absolute Gasteiger partial charge is 0.106 e. The number of fused-ring (bicyclic) bond motifs is 1. The summed E-state index contributed by atoms with van der Waals surface area (Å²) in [5.41, 5.74) is 2.67. The maximum absolute atomic E-state index is 9.60. The van der Waals surface area contributed by atoms with E-state index in [0.717, 1.165) is 51.0 Å². The van der Waals surface area contributed by atoms with Gasteiger partial charge in [0.1, 0.15) is 5.82 Å². The van der Waals surface area contributed by atoms with Crippen molar-refractivity contribution in [3.8, 4) is 0 Å². The molecule has 1 aromatic heterocycles. The van der Waals surface area contributed by atoms with Crippen molar-refractivity contribution >= 4 is 0 Å². The van der Waals surface area contributed by atoms with Gasteiger partial charge in [0.2, 0.25) is 0 Å². The molecule has 0 atom stereocenters. The fourth-order valence-corrected chi connectivity index (χ4v) is 3.27. The van der Waals surface area contributed by atoms with Crippen LogP contribution >= 0.6 is 0 Å². The number of aliphatic hydroxyl groups excluding tert-OH is 1. The second-order valence-electron chi connectivity index (χ2n) is 5.31. The molecule has 0 unspecified atom stereocenters. The molecule has 0 bridgehead atoms. The third-order valence-electron chi connectivity index (χ3n) is 4.13. The summed E-state index contributed by atoms with van der Waals surface area (Å²) in [7, 11) is 0. The first-order valence-corrected chi connectivity index (χ1v) is 6.71. The second-order valence-corrected chi connectivity index (χ2v) is 5.31. The molecule has 17 heavy (non-hydrogen) atoms. The van der Waals surface area contributed by atoms with Crippen LogP contribution in [0.3, 0.4) is 0 Å². The van der Waals surface area contributed by atoms with E-state index in [-0.39, 0.29) is 6.10 Å². The van der Waals surface area contributed by atoms with Gasteiger partial charge in [0.05, 0.1) is 11.8 Å². The van der Waals surface area contributed by atoms with Crippen LogP contribution in [0.15, 0.2) is 0 Å². The average molecular weight is 235 g/mol. The third kappa shape index (κ3) is 2.00. The molecule has 4 nitrogen and oxygen atoms in total. The van der Waals surface area contributed by atoms with Crippen LogP contribution in [0.5, 0.6) is 0 Å². The Morgan fingerprint density at radius 3 is 2.82 bits per heavy atom. The van der Waals surface area contributed by atoms with Gasteiger partial charge in [0.15, 0.2) is 0 Å². The number of rotatable bonds is 1. The standard InChI is InChI=1S/C13H21N3O/c1-9-15-12-8-14-7-6-13(12)16(9)10-2-4-11(17)5-3-10/h10-11,14,17H,2-8H2,1H3. The Bertz CT molecular complexity index is 405. The largest absolute Gasteiger partial charge is 0.393 e. The Balaban J connectivity index is 1.89. The highest BCUT2D eigenvalue weighted by atomic mass is 16.3. The Kier molecular flexibility index (Phi) is 2.92. The fraction of sp³-hybridized carbons (Fsp3) is 0.769. The highest BCUT2D eigenvalue weighted by molar-refractivity contribution is 5.21. The van der Waals surface area contributed by atoms with Crippen LogP contribution in [0, 0.1) is 6.92 Å². The van der Waals surface area contributed by atoms with Gasteiger partial charge in [-0.2, -0.15) is 0 Å². The molecule has 4 heteroatoms. The number of hydrogen-bond acceptors (Lipinski definition) is 3. The van der Waals surface area contributed by atoms with Crippen molar-refractivity contribution < 1.29 is 5.11 Å². The van der Waals surface area contributed by atoms with Crippen LogP contribution in [-0.2, 0) is 13.0 Å². The molecular formula is C13H21N3O. The Hall–Kier alpha value is -0.870. The minimum absolute atomic E-state index is 0.0763. The fourth-order valence-electron chi connectivity index (χ4n) is 3.27. The number of nitrogens with zero attached hydrogens (tertiary/aromatic N) is 2. The quantitative estimate of drug-likeness (QED) is 0.771. The lowest BCUT2D eigenvalue weighted by atomic mass is 9.92. The molecule has 0 saturated heterocycles. The highest BCUT2D eigenvalue weighted by Gasteiger charge is 2.26. The molecule has 94 valence electrons. The summed E-state index contributed by atoms with van der Waals surface area (Å²) < 4.78 is 2.45. The van der Waals surface area contributed by atoms with Gasteiger partial charge in [0, 0.05) is 31.2 Å². The summed E-state index contributed by atoms with van der Waals surface area (Å²) in [5, 5.41) is 13.0. The lowest BCUT2D eigenvalue weighted by molar-refractivity contribution is 0.109. The predicted octanol–water partition coefficient (Wildman–Crippen LogP) is 1.31. The van der Waals surface area contributed by atoms with Gasteiger partial charge in [-0.05, 0) is 32.6 Å². The Labute approximate surface area is 102 Å². The zero-order valence-corrected chi connectivity index (χ0v) is 10.4. The highest BCUT2D eigenvalue weighted by Crippen LogP contribution is 2.32. The van der Waals surface area contributed by atoms with E-state index in [0.29, 0.717) is 6.04 Å². The zero-order chi connectivity index (χ0) is 11.8. The van der Waals surface area contributed by atoms with Crippen LogP contribution in [0.2, 0.25) is 0 Å². The third-order valence-corrected chi connectivity index (χ3v) is 4.13. The van der Waals surface area contributed by atoms with Crippen LogP contribution in [0.1, 0.15) is 48.9 Å². The molecule has 2 heterocycles. The maximum Gasteiger partial charge on any atom is 0.106 e. The van der Waals surface area contributed by atoms with Gasteiger partial charge in [0.25, 0.3) is 0 Å². The second kappa shape index (κ2) is 4.42. The minimum Gasteiger partial charge on any atom is -0.393 e. The topological polar surface area (TPSA) is 50.1 Å². The summed E-state index contributed by atoms with van der Waals surface area (Å²) in [5.74, 6) is 1.15. The van der Waals surface area contributed by atoms with Crippen molar-refractivity contribution in [3.63, 3.8) is 0 Å². The molecule has 3 rings (SSSR count). The van der Waals surface area contributed by atoms with Crippen molar-refractivity contribution in [3.05, 3.63) is 17.2 Å². The number of imidazole rings is 1. The summed E-state index contributed by atoms with van der Waals surface area (Å²) in [6, 6.07) is 0.563. The molecule has 0 spiro atoms. The first-order chi connectivity index (χ1) is 8.25. The zero-order valence-electron chi connectivity index (χ0n) is 10.4. The van der Waals surface area contributed by atoms with Gasteiger partial charge in [-0.15, -0.1) is 0 Å². The molecule has 1 saturated carbocycles. The predicted molar refractivity (Wildman–Crippen MR) is 65.9 cm³/mol. The first kappa shape index (κ1) is 11.2. The molecule has 1 fully saturated rings. The average Bonchev–Trinajstić information content (AvgIpc) is 2.66. The van der Waals surface area contributed by atoms with Gasteiger partial charge in [-0.1, -0.05) is 0 Å². The van der Waals surface area contributed by atoms with Gasteiger partial charge >= 0.3 is 0 Å². The van der Waals surface area contributed by atoms with Crippen LogP contribution in [-0.4, -0.2) is 27.3 Å². The van der Waals surface area contributed by atoms with Crippen LogP contribution in [0.4, 0.5) is 0 Å². The van der Waals surface area contributed by atoms with Gasteiger partial charge in [-0.3, -0.25) is 0 Å². The van der Waals surface area contributed by atoms with E-state index < -0.39 is 0 Å². The maximum atomic E-state index is 9.60. The lowest BCUT2D eigenvalue weighted by Crippen LogP contribution is -2.28. The lowest BCUT2D eigenvalue weighted by Gasteiger charge is -2.29. The van der Waals surface area contributed by atoms with Crippen molar-refractivity contribution in [2.45, 2.75) is 57.7 Å². The molecule has 1 aromatic rings. The van der Waals surface area contributed by atoms with Crippen molar-refractivity contribution in [2.24, 2.45) is 0 Å². The molecule has 0 radical (unpaired) electrons. The van der Waals surface area contributed by atoms with E-state index in [1.807, 2.05) is 0 Å². The van der Waals surface area contributed by atoms with Crippen LogP contribution < -0.4 is 5.32 Å². The van der Waals surface area contributed by atoms with Crippen molar-refractivity contribution in [1.82, 2.24) is 14.9 Å². The Morgan fingerprint density at radius 2 is 2.06 bits per heavy atom. The molecule has 1 aliphatic carbocycles. The van der Waals surface area contributed by atoms with Crippen LogP contribution in [0.25, 0.3) is 0 Å². The molecule has 0 aromatic carbocycles. The monoisotopic (exact) mass is 235 g/mol. The molecule has 0 amide bonds. The number of aliphatic hydroxyl groups is 1. The SMILES string of the molecule is Cc1nc2c(n1C1CCC(O)CC1)CCNC2. The number of nitrogens with one attached hydrogen (secondary N) is 1. The van der Waals surface area contributed by atoms with Gasteiger partial charge < -0.3 is 15.0 Å². The Morgan fingerprint density at radius 1 is 1.29 bits per heavy atom. The summed E-state index contributed by atoms with van der Waals surface area (Å²) in [4.78, 5) is 4.68. The molecule has 2 aliphatic rings. The number of aromatic nitrogens is 2. The van der Waals surface area contributed by atoms with Crippen molar-refractivity contribution in [2.75, 3.05) is 6.54 Å². The summed E-state index contributed by atoms with van der Waals surface area (Å²) in [6.07, 6.45) is 5.09. The molecule has 1 aliphatic heterocycles. The molecular weight excluding hydrogens is 214 g/mol. The van der Waals surface area contributed by atoms with E-state index in [1.54, 1.807) is 0 Å². The summed E-state index contributed by atoms with van der Waals surface area (Å²) >= 11 is 0. The van der Waals surface area contributed by atoms with Gasteiger partial charge in [-0.25, -0.2) is 4.98 Å². The number of aryl methyl sites for hydroxylation is 1. The minimum atomic E-state index is -0.0763. The number of hydrogen-bond donors (Lipinski definition) is 2.